The molecule has 4 heteroatoms. The first kappa shape index (κ1) is 11.2. The number of rotatable bonds is 5. The molecule has 1 unspecified atom stereocenters. The highest BCUT2D eigenvalue weighted by atomic mass is 32.1. The zero-order valence-corrected chi connectivity index (χ0v) is 9.58. The Morgan fingerprint density at radius 1 is 1.31 bits per heavy atom. The quantitative estimate of drug-likeness (QED) is 0.863. The number of hydrogen-bond donors (Lipinski definition) is 1. The van der Waals surface area contributed by atoms with Gasteiger partial charge in [-0.15, -0.1) is 11.3 Å². The minimum atomic E-state index is -0.434. The summed E-state index contributed by atoms with van der Waals surface area (Å²) in [4.78, 5) is 4.12. The van der Waals surface area contributed by atoms with Gasteiger partial charge in [-0.3, -0.25) is 0 Å². The van der Waals surface area contributed by atoms with Crippen LogP contribution in [0, 0.1) is 0 Å². The molecule has 0 spiro atoms. The molecule has 0 fully saturated rings. The monoisotopic (exact) mass is 236 g/mol. The van der Waals surface area contributed by atoms with Gasteiger partial charge >= 0.3 is 0 Å². The summed E-state index contributed by atoms with van der Waals surface area (Å²) in [5.74, 6) is 0. The average Bonchev–Trinajstić information content (AvgIpc) is 2.85. The maximum Gasteiger partial charge on any atom is 0.110 e. The maximum atomic E-state index is 12.8. The number of nitrogens with one attached hydrogen (secondary N) is 1. The van der Waals surface area contributed by atoms with E-state index in [1.807, 2.05) is 35.7 Å². The third-order valence-corrected chi connectivity index (χ3v) is 2.96. The van der Waals surface area contributed by atoms with Gasteiger partial charge in [0.2, 0.25) is 0 Å². The molecule has 16 heavy (non-hydrogen) atoms. The van der Waals surface area contributed by atoms with Gasteiger partial charge in [-0.25, -0.2) is 9.37 Å². The molecule has 2 nitrogen and oxygen atoms in total. The van der Waals surface area contributed by atoms with E-state index in [9.17, 15) is 4.39 Å². The lowest BCUT2D eigenvalue weighted by Gasteiger charge is -2.12. The summed E-state index contributed by atoms with van der Waals surface area (Å²) < 4.78 is 12.8. The van der Waals surface area contributed by atoms with Crippen LogP contribution in [-0.2, 0) is 6.54 Å². The van der Waals surface area contributed by atoms with Crippen LogP contribution >= 0.6 is 11.3 Å². The molecule has 0 saturated carbocycles. The van der Waals surface area contributed by atoms with Gasteiger partial charge in [0.15, 0.2) is 0 Å². The second-order valence-corrected chi connectivity index (χ2v) is 4.21. The van der Waals surface area contributed by atoms with Crippen molar-refractivity contribution < 1.29 is 4.39 Å². The van der Waals surface area contributed by atoms with E-state index in [1.165, 1.54) is 11.3 Å². The number of nitrogens with zero attached hydrogens (tertiary/aromatic N) is 1. The number of benzene rings is 1. The van der Waals surface area contributed by atoms with E-state index in [1.54, 1.807) is 5.51 Å². The summed E-state index contributed by atoms with van der Waals surface area (Å²) in [6, 6.07) is 9.66. The Balaban J connectivity index is 1.94. The highest BCUT2D eigenvalue weighted by Gasteiger charge is 2.12. The largest absolute Gasteiger partial charge is 0.302 e. The highest BCUT2D eigenvalue weighted by Crippen LogP contribution is 2.14. The van der Waals surface area contributed by atoms with Gasteiger partial charge < -0.3 is 5.32 Å². The number of halogens is 1. The van der Waals surface area contributed by atoms with Crippen LogP contribution in [0.3, 0.4) is 0 Å². The summed E-state index contributed by atoms with van der Waals surface area (Å²) in [6.45, 7) is 0.226. The average molecular weight is 236 g/mol. The molecule has 1 aromatic heterocycles. The number of alkyl halides is 1. The van der Waals surface area contributed by atoms with E-state index < -0.39 is 6.67 Å². The molecular formula is C12H13FN2S. The van der Waals surface area contributed by atoms with Crippen molar-refractivity contribution in [3.8, 4) is 0 Å². The number of aromatic nitrogens is 1. The fraction of sp³-hybridized carbons (Fsp3) is 0.250. The first-order valence-corrected chi connectivity index (χ1v) is 6.06. The molecular weight excluding hydrogens is 223 g/mol. The first-order chi connectivity index (χ1) is 7.90. The van der Waals surface area contributed by atoms with Crippen LogP contribution in [0.15, 0.2) is 41.2 Å². The predicted octanol–water partition coefficient (Wildman–Crippen LogP) is 2.94. The van der Waals surface area contributed by atoms with Crippen molar-refractivity contribution in [2.24, 2.45) is 0 Å². The van der Waals surface area contributed by atoms with E-state index in [2.05, 4.69) is 10.3 Å². The molecule has 2 rings (SSSR count). The molecule has 0 aliphatic heterocycles. The fourth-order valence-electron chi connectivity index (χ4n) is 1.47. The standard InChI is InChI=1S/C12H13FN2S/c13-6-11(12-8-16-9-15-12)14-7-10-4-2-1-3-5-10/h1-5,8-9,11,14H,6-7H2. The van der Waals surface area contributed by atoms with Crippen molar-refractivity contribution in [1.82, 2.24) is 10.3 Å². The van der Waals surface area contributed by atoms with Crippen molar-refractivity contribution in [3.63, 3.8) is 0 Å². The summed E-state index contributed by atoms with van der Waals surface area (Å²) >= 11 is 1.49. The number of thiazole rings is 1. The zero-order valence-electron chi connectivity index (χ0n) is 8.77. The lowest BCUT2D eigenvalue weighted by atomic mass is 10.2. The van der Waals surface area contributed by atoms with E-state index in [4.69, 9.17) is 0 Å². The van der Waals surface area contributed by atoms with Crippen LogP contribution in [0.4, 0.5) is 4.39 Å². The minimum absolute atomic E-state index is 0.300. The van der Waals surface area contributed by atoms with Crippen LogP contribution in [0.2, 0.25) is 0 Å². The van der Waals surface area contributed by atoms with E-state index in [0.717, 1.165) is 11.3 Å². The summed E-state index contributed by atoms with van der Waals surface area (Å²) in [5.41, 5.74) is 3.65. The predicted molar refractivity (Wildman–Crippen MR) is 64.1 cm³/mol. The molecule has 0 saturated heterocycles. The van der Waals surface area contributed by atoms with Gasteiger partial charge in [0.05, 0.1) is 17.2 Å². The van der Waals surface area contributed by atoms with Crippen LogP contribution in [0.5, 0.6) is 0 Å². The third kappa shape index (κ3) is 2.87. The Bertz CT molecular complexity index is 402. The number of hydrogen-bond acceptors (Lipinski definition) is 3. The van der Waals surface area contributed by atoms with Gasteiger partial charge in [0, 0.05) is 11.9 Å². The molecule has 1 heterocycles. The van der Waals surface area contributed by atoms with Crippen molar-refractivity contribution in [2.75, 3.05) is 6.67 Å². The Morgan fingerprint density at radius 3 is 2.75 bits per heavy atom. The topological polar surface area (TPSA) is 24.9 Å². The van der Waals surface area contributed by atoms with Gasteiger partial charge in [0.25, 0.3) is 0 Å². The highest BCUT2D eigenvalue weighted by molar-refractivity contribution is 7.07. The molecule has 2 aromatic rings. The zero-order chi connectivity index (χ0) is 11.2. The molecule has 0 aliphatic carbocycles. The summed E-state index contributed by atoms with van der Waals surface area (Å²) in [6.07, 6.45) is 0. The molecule has 1 atom stereocenters. The minimum Gasteiger partial charge on any atom is -0.302 e. The molecule has 0 amide bonds. The Kier molecular flexibility index (Phi) is 4.02. The van der Waals surface area contributed by atoms with Crippen LogP contribution < -0.4 is 5.32 Å². The van der Waals surface area contributed by atoms with Crippen molar-refractivity contribution in [2.45, 2.75) is 12.6 Å². The van der Waals surface area contributed by atoms with E-state index in [0.29, 0.717) is 6.54 Å². The second kappa shape index (κ2) is 5.72. The lowest BCUT2D eigenvalue weighted by Crippen LogP contribution is -2.22. The molecule has 1 N–H and O–H groups in total. The van der Waals surface area contributed by atoms with Gasteiger partial charge in [-0.1, -0.05) is 30.3 Å². The van der Waals surface area contributed by atoms with Crippen LogP contribution in [0.1, 0.15) is 17.3 Å². The van der Waals surface area contributed by atoms with Crippen LogP contribution in [-0.4, -0.2) is 11.7 Å². The smallest absolute Gasteiger partial charge is 0.110 e. The van der Waals surface area contributed by atoms with Crippen molar-refractivity contribution in [3.05, 3.63) is 52.5 Å². The van der Waals surface area contributed by atoms with Gasteiger partial charge in [0.1, 0.15) is 6.67 Å². The summed E-state index contributed by atoms with van der Waals surface area (Å²) in [7, 11) is 0. The Morgan fingerprint density at radius 2 is 2.12 bits per heavy atom. The van der Waals surface area contributed by atoms with Crippen LogP contribution in [0.25, 0.3) is 0 Å². The third-order valence-electron chi connectivity index (χ3n) is 2.36. The molecule has 0 aliphatic rings. The normalized spacial score (nSPS) is 12.6. The van der Waals surface area contributed by atoms with Gasteiger partial charge in [-0.05, 0) is 5.56 Å². The van der Waals surface area contributed by atoms with Gasteiger partial charge in [-0.2, -0.15) is 0 Å². The maximum absolute atomic E-state index is 12.8. The molecule has 0 bridgehead atoms. The molecule has 0 radical (unpaired) electrons. The van der Waals surface area contributed by atoms with E-state index >= 15 is 0 Å². The SMILES string of the molecule is FCC(NCc1ccccc1)c1cscn1. The Labute approximate surface area is 98.2 Å². The Hall–Kier alpha value is -1.26. The lowest BCUT2D eigenvalue weighted by molar-refractivity contribution is 0.376. The van der Waals surface area contributed by atoms with Crippen molar-refractivity contribution in [1.29, 1.82) is 0 Å². The molecule has 84 valence electrons. The van der Waals surface area contributed by atoms with E-state index in [-0.39, 0.29) is 6.04 Å². The molecule has 1 aromatic carbocycles. The van der Waals surface area contributed by atoms with Crippen molar-refractivity contribution >= 4 is 11.3 Å². The fourth-order valence-corrected chi connectivity index (χ4v) is 2.08. The first-order valence-electron chi connectivity index (χ1n) is 5.11. The summed E-state index contributed by atoms with van der Waals surface area (Å²) in [5, 5.41) is 5.03. The second-order valence-electron chi connectivity index (χ2n) is 3.49.